The zero-order chi connectivity index (χ0) is 21.7. The van der Waals surface area contributed by atoms with Crippen LogP contribution < -0.4 is 9.62 Å². The summed E-state index contributed by atoms with van der Waals surface area (Å²) in [5, 5.41) is 0. The molecule has 31 heavy (non-hydrogen) atoms. The number of nitrogens with zero attached hydrogens (tertiary/aromatic N) is 3. The van der Waals surface area contributed by atoms with Gasteiger partial charge in [-0.1, -0.05) is 30.3 Å². The lowest BCUT2D eigenvalue weighted by Gasteiger charge is -2.39. The molecule has 168 valence electrons. The van der Waals surface area contributed by atoms with Crippen LogP contribution in [0.25, 0.3) is 0 Å². The molecule has 0 bridgehead atoms. The fourth-order valence-electron chi connectivity index (χ4n) is 4.82. The average molecular weight is 445 g/mol. The van der Waals surface area contributed by atoms with Crippen LogP contribution >= 0.6 is 0 Å². The molecule has 2 heterocycles. The highest BCUT2D eigenvalue weighted by atomic mass is 32.2. The molecular weight excluding hydrogens is 412 g/mol. The van der Waals surface area contributed by atoms with Crippen LogP contribution in [0.4, 0.5) is 5.95 Å². The van der Waals surface area contributed by atoms with Crippen molar-refractivity contribution >= 4 is 16.0 Å². The molecule has 0 spiro atoms. The summed E-state index contributed by atoms with van der Waals surface area (Å²) in [5.41, 5.74) is 1.42. The van der Waals surface area contributed by atoms with E-state index in [2.05, 4.69) is 49.9 Å². The maximum Gasteiger partial charge on any atom is 0.225 e. The smallest absolute Gasteiger partial charge is 0.225 e. The van der Waals surface area contributed by atoms with Gasteiger partial charge in [0, 0.05) is 37.4 Å². The SMILES string of the molecule is CS(=O)(=O)N[C@H]1CCN(c2ncccn2)CC1COC1CCC(c2ccccc2)CC1. The lowest BCUT2D eigenvalue weighted by molar-refractivity contribution is -0.00217. The number of rotatable bonds is 7. The number of piperidine rings is 1. The standard InChI is InChI=1S/C23H32N4O3S/c1-31(28,29)26-22-12-15-27(23-24-13-5-14-25-23)16-20(22)17-30-21-10-8-19(9-11-21)18-6-3-2-4-7-18/h2-7,13-14,19-22,26H,8-12,15-17H2,1H3/t19?,20?,21?,22-/m0/s1. The predicted molar refractivity (Wildman–Crippen MR) is 122 cm³/mol. The normalized spacial score (nSPS) is 27.2. The van der Waals surface area contributed by atoms with Gasteiger partial charge < -0.3 is 9.64 Å². The number of ether oxygens (including phenoxy) is 1. The van der Waals surface area contributed by atoms with Crippen LogP contribution in [0.5, 0.6) is 0 Å². The molecule has 1 N–H and O–H groups in total. The summed E-state index contributed by atoms with van der Waals surface area (Å²) in [7, 11) is -3.28. The van der Waals surface area contributed by atoms with Crippen molar-refractivity contribution in [2.45, 2.75) is 50.2 Å². The summed E-state index contributed by atoms with van der Waals surface area (Å²) < 4.78 is 32.9. The van der Waals surface area contributed by atoms with E-state index in [0.29, 0.717) is 31.4 Å². The van der Waals surface area contributed by atoms with Crippen molar-refractivity contribution in [2.75, 3.05) is 30.9 Å². The number of benzene rings is 1. The van der Waals surface area contributed by atoms with Crippen LogP contribution in [-0.4, -0.2) is 56.5 Å². The molecule has 0 amide bonds. The second-order valence-electron chi connectivity index (χ2n) is 8.76. The third-order valence-corrected chi connectivity index (χ3v) is 7.16. The van der Waals surface area contributed by atoms with Gasteiger partial charge in [-0.15, -0.1) is 0 Å². The third-order valence-electron chi connectivity index (χ3n) is 6.43. The van der Waals surface area contributed by atoms with Crippen molar-refractivity contribution in [3.63, 3.8) is 0 Å². The fourth-order valence-corrected chi connectivity index (χ4v) is 5.68. The predicted octanol–water partition coefficient (Wildman–Crippen LogP) is 2.96. The van der Waals surface area contributed by atoms with Gasteiger partial charge in [0.1, 0.15) is 0 Å². The molecular formula is C23H32N4O3S. The molecule has 1 unspecified atom stereocenters. The zero-order valence-electron chi connectivity index (χ0n) is 18.1. The number of hydrogen-bond donors (Lipinski definition) is 1. The number of aromatic nitrogens is 2. The number of hydrogen-bond acceptors (Lipinski definition) is 6. The Bertz CT molecular complexity index is 918. The second kappa shape index (κ2) is 10.1. The molecule has 2 aromatic rings. The van der Waals surface area contributed by atoms with Gasteiger partial charge >= 0.3 is 0 Å². The van der Waals surface area contributed by atoms with Crippen LogP contribution in [0.2, 0.25) is 0 Å². The largest absolute Gasteiger partial charge is 0.378 e. The molecule has 7 nitrogen and oxygen atoms in total. The molecule has 1 aliphatic heterocycles. The fraction of sp³-hybridized carbons (Fsp3) is 0.565. The summed E-state index contributed by atoms with van der Waals surface area (Å²) >= 11 is 0. The van der Waals surface area contributed by atoms with Gasteiger partial charge in [0.2, 0.25) is 16.0 Å². The quantitative estimate of drug-likeness (QED) is 0.707. The van der Waals surface area contributed by atoms with Crippen LogP contribution in [-0.2, 0) is 14.8 Å². The Labute approximate surface area is 185 Å². The first kappa shape index (κ1) is 22.2. The second-order valence-corrected chi connectivity index (χ2v) is 10.5. The van der Waals surface area contributed by atoms with Crippen molar-refractivity contribution in [1.29, 1.82) is 0 Å². The van der Waals surface area contributed by atoms with Crippen LogP contribution in [0.3, 0.4) is 0 Å². The Morgan fingerprint density at radius 3 is 2.42 bits per heavy atom. The van der Waals surface area contributed by atoms with Gasteiger partial charge in [-0.2, -0.15) is 0 Å². The molecule has 1 saturated heterocycles. The Hall–Kier alpha value is -2.03. The molecule has 4 rings (SSSR count). The summed E-state index contributed by atoms with van der Waals surface area (Å²) in [6.07, 6.45) is 10.00. The molecule has 1 aromatic heterocycles. The Kier molecular flexibility index (Phi) is 7.20. The van der Waals surface area contributed by atoms with Gasteiger partial charge in [0.05, 0.1) is 19.0 Å². The zero-order valence-corrected chi connectivity index (χ0v) is 18.9. The van der Waals surface area contributed by atoms with E-state index in [1.165, 1.54) is 11.8 Å². The van der Waals surface area contributed by atoms with Gasteiger partial charge in [-0.25, -0.2) is 23.1 Å². The van der Waals surface area contributed by atoms with Crippen molar-refractivity contribution in [1.82, 2.24) is 14.7 Å². The van der Waals surface area contributed by atoms with Gasteiger partial charge in [-0.3, -0.25) is 0 Å². The van der Waals surface area contributed by atoms with E-state index in [-0.39, 0.29) is 18.1 Å². The van der Waals surface area contributed by atoms with Gasteiger partial charge in [0.15, 0.2) is 0 Å². The minimum Gasteiger partial charge on any atom is -0.378 e. The van der Waals surface area contributed by atoms with E-state index in [9.17, 15) is 8.42 Å². The van der Waals surface area contributed by atoms with Gasteiger partial charge in [-0.05, 0) is 49.7 Å². The number of nitrogens with one attached hydrogen (secondary N) is 1. The number of sulfonamides is 1. The molecule has 0 radical (unpaired) electrons. The van der Waals surface area contributed by atoms with Crippen molar-refractivity contribution in [3.05, 3.63) is 54.4 Å². The maximum absolute atomic E-state index is 11.9. The molecule has 2 fully saturated rings. The summed E-state index contributed by atoms with van der Waals surface area (Å²) in [6.45, 7) is 1.93. The van der Waals surface area contributed by atoms with E-state index < -0.39 is 10.0 Å². The summed E-state index contributed by atoms with van der Waals surface area (Å²) in [4.78, 5) is 10.8. The maximum atomic E-state index is 11.9. The lowest BCUT2D eigenvalue weighted by atomic mass is 9.82. The first-order valence-electron chi connectivity index (χ1n) is 11.1. The molecule has 8 heteroatoms. The highest BCUT2D eigenvalue weighted by Gasteiger charge is 2.33. The van der Waals surface area contributed by atoms with E-state index in [0.717, 1.165) is 32.2 Å². The summed E-state index contributed by atoms with van der Waals surface area (Å²) in [6, 6.07) is 12.4. The van der Waals surface area contributed by atoms with Crippen LogP contribution in [0.1, 0.15) is 43.6 Å². The van der Waals surface area contributed by atoms with E-state index in [1.807, 2.05) is 0 Å². The third kappa shape index (κ3) is 6.24. The Morgan fingerprint density at radius 2 is 1.74 bits per heavy atom. The summed E-state index contributed by atoms with van der Waals surface area (Å²) in [5.74, 6) is 1.36. The minimum absolute atomic E-state index is 0.0547. The Balaban J connectivity index is 1.34. The van der Waals surface area contributed by atoms with Crippen molar-refractivity contribution in [2.24, 2.45) is 5.92 Å². The van der Waals surface area contributed by atoms with Gasteiger partial charge in [0.25, 0.3) is 0 Å². The first-order valence-corrected chi connectivity index (χ1v) is 13.0. The molecule has 1 aliphatic carbocycles. The van der Waals surface area contributed by atoms with Crippen molar-refractivity contribution in [3.8, 4) is 0 Å². The minimum atomic E-state index is -3.28. The monoisotopic (exact) mass is 444 g/mol. The molecule has 1 aromatic carbocycles. The highest BCUT2D eigenvalue weighted by Crippen LogP contribution is 2.34. The van der Waals surface area contributed by atoms with E-state index >= 15 is 0 Å². The van der Waals surface area contributed by atoms with Crippen LogP contribution in [0, 0.1) is 5.92 Å². The average Bonchev–Trinajstić information content (AvgIpc) is 2.79. The highest BCUT2D eigenvalue weighted by molar-refractivity contribution is 7.88. The first-order chi connectivity index (χ1) is 15.0. The molecule has 2 aliphatic rings. The lowest BCUT2D eigenvalue weighted by Crippen LogP contribution is -2.53. The Morgan fingerprint density at radius 1 is 1.03 bits per heavy atom. The van der Waals surface area contributed by atoms with E-state index in [4.69, 9.17) is 4.74 Å². The topological polar surface area (TPSA) is 84.4 Å². The van der Waals surface area contributed by atoms with Crippen molar-refractivity contribution < 1.29 is 13.2 Å². The molecule has 1 saturated carbocycles. The molecule has 2 atom stereocenters. The number of anilines is 1. The van der Waals surface area contributed by atoms with Crippen LogP contribution in [0.15, 0.2) is 48.8 Å². The van der Waals surface area contributed by atoms with E-state index in [1.54, 1.807) is 18.5 Å².